The minimum absolute atomic E-state index is 0.291. The van der Waals surface area contributed by atoms with E-state index in [1.165, 1.54) is 0 Å². The number of benzene rings is 1. The quantitative estimate of drug-likeness (QED) is 0.481. The van der Waals surface area contributed by atoms with Gasteiger partial charge in [0.05, 0.1) is 5.69 Å². The van der Waals surface area contributed by atoms with Gasteiger partial charge in [0.2, 0.25) is 0 Å². The Morgan fingerprint density at radius 1 is 1.33 bits per heavy atom. The Morgan fingerprint density at radius 2 is 1.92 bits per heavy atom. The average Bonchev–Trinajstić information content (AvgIpc) is 2.06. The molecule has 0 saturated heterocycles. The van der Waals surface area contributed by atoms with E-state index in [1.807, 2.05) is 6.07 Å². The van der Waals surface area contributed by atoms with Crippen LogP contribution < -0.4 is 11.5 Å². The molecule has 1 rings (SSSR count). The van der Waals surface area contributed by atoms with Crippen molar-refractivity contribution < 1.29 is 4.79 Å². The van der Waals surface area contributed by atoms with Crippen LogP contribution in [0, 0.1) is 0 Å². The summed E-state index contributed by atoms with van der Waals surface area (Å²) >= 11 is 0. The normalized spacial score (nSPS) is 11.2. The van der Waals surface area contributed by atoms with Gasteiger partial charge < -0.3 is 5.73 Å². The number of nitrogens with zero attached hydrogens (tertiary/aromatic N) is 1. The number of hydrogen-bond donors (Lipinski definition) is 1. The van der Waals surface area contributed by atoms with Crippen molar-refractivity contribution in [3.05, 3.63) is 30.3 Å². The van der Waals surface area contributed by atoms with Crippen LogP contribution in [-0.2, 0) is 4.79 Å². The number of carbonyl (C=O) groups excluding carboxylic acids is 1. The second kappa shape index (κ2) is 3.52. The molecule has 1 radical (unpaired) electrons. The SMILES string of the molecule is [NH]C(=O)C(N)=Nc1ccccc1. The lowest BCUT2D eigenvalue weighted by Crippen LogP contribution is -2.23. The van der Waals surface area contributed by atoms with E-state index in [0.717, 1.165) is 0 Å². The van der Waals surface area contributed by atoms with Crippen LogP contribution in [0.25, 0.3) is 0 Å². The highest BCUT2D eigenvalue weighted by molar-refractivity contribution is 6.36. The number of para-hydroxylation sites is 1. The standard InChI is InChI=1S/C8H8N3O/c9-7(8(10)12)11-6-4-2-1-3-5-6/h1-5,10H,(H2,9,11). The highest BCUT2D eigenvalue weighted by atomic mass is 16.1. The van der Waals surface area contributed by atoms with Crippen molar-refractivity contribution in [1.82, 2.24) is 5.73 Å². The van der Waals surface area contributed by atoms with Crippen molar-refractivity contribution in [2.24, 2.45) is 10.7 Å². The van der Waals surface area contributed by atoms with Crippen LogP contribution in [0.5, 0.6) is 0 Å². The summed E-state index contributed by atoms with van der Waals surface area (Å²) in [6.07, 6.45) is 0. The molecule has 0 atom stereocenters. The Balaban J connectivity index is 2.89. The van der Waals surface area contributed by atoms with Crippen molar-refractivity contribution in [3.63, 3.8) is 0 Å². The summed E-state index contributed by atoms with van der Waals surface area (Å²) in [6, 6.07) is 8.80. The number of nitrogens with one attached hydrogen (secondary N) is 1. The van der Waals surface area contributed by atoms with Gasteiger partial charge >= 0.3 is 5.91 Å². The maximum atomic E-state index is 10.4. The monoisotopic (exact) mass is 162 g/mol. The summed E-state index contributed by atoms with van der Waals surface area (Å²) in [5, 5.41) is 0. The van der Waals surface area contributed by atoms with E-state index in [2.05, 4.69) is 4.99 Å². The van der Waals surface area contributed by atoms with Crippen LogP contribution in [0.2, 0.25) is 0 Å². The molecule has 0 heterocycles. The number of rotatable bonds is 1. The third kappa shape index (κ3) is 2.09. The molecule has 3 N–H and O–H groups in total. The third-order valence-corrected chi connectivity index (χ3v) is 1.24. The lowest BCUT2D eigenvalue weighted by molar-refractivity contribution is -0.112. The maximum absolute atomic E-state index is 10.4. The Hall–Kier alpha value is -1.84. The number of amidine groups is 1. The highest BCUT2D eigenvalue weighted by Gasteiger charge is 1.99. The number of nitrogens with two attached hydrogens (primary N) is 1. The minimum atomic E-state index is -0.959. The number of carbonyl (C=O) groups is 1. The summed E-state index contributed by atoms with van der Waals surface area (Å²) in [5.41, 5.74) is 12.4. The number of hydrogen-bond acceptors (Lipinski definition) is 2. The molecule has 0 aliphatic heterocycles. The third-order valence-electron chi connectivity index (χ3n) is 1.24. The van der Waals surface area contributed by atoms with Crippen LogP contribution in [0.4, 0.5) is 5.69 Å². The first kappa shape index (κ1) is 8.26. The van der Waals surface area contributed by atoms with Gasteiger partial charge in [-0.1, -0.05) is 18.2 Å². The number of aliphatic imine (C=N–C) groups is 1. The van der Waals surface area contributed by atoms with Gasteiger partial charge in [0.1, 0.15) is 0 Å². The zero-order chi connectivity index (χ0) is 8.97. The molecule has 1 aromatic rings. The van der Waals surface area contributed by atoms with Crippen molar-refractivity contribution in [2.45, 2.75) is 0 Å². The molecule has 1 amide bonds. The molecule has 0 aromatic heterocycles. The lowest BCUT2D eigenvalue weighted by atomic mass is 10.3. The van der Waals surface area contributed by atoms with Crippen LogP contribution in [0.15, 0.2) is 35.3 Å². The molecule has 0 bridgehead atoms. The van der Waals surface area contributed by atoms with Gasteiger partial charge in [-0.3, -0.25) is 10.5 Å². The topological polar surface area (TPSA) is 79.2 Å². The zero-order valence-corrected chi connectivity index (χ0v) is 6.32. The zero-order valence-electron chi connectivity index (χ0n) is 6.32. The van der Waals surface area contributed by atoms with Crippen LogP contribution in [-0.4, -0.2) is 11.7 Å². The predicted molar refractivity (Wildman–Crippen MR) is 45.8 cm³/mol. The molecular formula is C8H8N3O. The Kier molecular flexibility index (Phi) is 2.42. The molecule has 0 saturated carbocycles. The average molecular weight is 162 g/mol. The van der Waals surface area contributed by atoms with Crippen molar-refractivity contribution in [3.8, 4) is 0 Å². The molecule has 0 spiro atoms. The Morgan fingerprint density at radius 3 is 2.42 bits per heavy atom. The van der Waals surface area contributed by atoms with E-state index in [9.17, 15) is 4.79 Å². The first-order valence-electron chi connectivity index (χ1n) is 3.35. The van der Waals surface area contributed by atoms with Gasteiger partial charge in [0.25, 0.3) is 0 Å². The summed E-state index contributed by atoms with van der Waals surface area (Å²) in [5.74, 6) is -1.25. The molecule has 4 heteroatoms. The van der Waals surface area contributed by atoms with E-state index in [-0.39, 0.29) is 5.84 Å². The van der Waals surface area contributed by atoms with Gasteiger partial charge in [-0.05, 0) is 12.1 Å². The molecule has 0 unspecified atom stereocenters. The molecule has 61 valence electrons. The van der Waals surface area contributed by atoms with Crippen LogP contribution in [0.1, 0.15) is 0 Å². The number of amides is 1. The molecule has 1 aromatic carbocycles. The fourth-order valence-electron chi connectivity index (χ4n) is 0.692. The smallest absolute Gasteiger partial charge is 0.304 e. The van der Waals surface area contributed by atoms with Crippen LogP contribution in [0.3, 0.4) is 0 Å². The molecular weight excluding hydrogens is 154 g/mol. The first-order valence-corrected chi connectivity index (χ1v) is 3.35. The van der Waals surface area contributed by atoms with Crippen molar-refractivity contribution in [2.75, 3.05) is 0 Å². The lowest BCUT2D eigenvalue weighted by Gasteiger charge is -1.93. The fraction of sp³-hybridized carbons (Fsp3) is 0. The van der Waals surface area contributed by atoms with E-state index in [1.54, 1.807) is 24.3 Å². The maximum Gasteiger partial charge on any atom is 0.304 e. The van der Waals surface area contributed by atoms with Crippen molar-refractivity contribution >= 4 is 17.4 Å². The van der Waals surface area contributed by atoms with Crippen molar-refractivity contribution in [1.29, 1.82) is 0 Å². The van der Waals surface area contributed by atoms with E-state index in [4.69, 9.17) is 11.5 Å². The van der Waals surface area contributed by atoms with Gasteiger partial charge in [-0.2, -0.15) is 0 Å². The second-order valence-electron chi connectivity index (χ2n) is 2.16. The molecule has 4 nitrogen and oxygen atoms in total. The van der Waals surface area contributed by atoms with Gasteiger partial charge in [-0.25, -0.2) is 4.99 Å². The minimum Gasteiger partial charge on any atom is -0.379 e. The molecule has 0 aliphatic rings. The Labute approximate surface area is 69.9 Å². The van der Waals surface area contributed by atoms with E-state index in [0.29, 0.717) is 5.69 Å². The fourth-order valence-corrected chi connectivity index (χ4v) is 0.692. The van der Waals surface area contributed by atoms with Crippen LogP contribution >= 0.6 is 0 Å². The largest absolute Gasteiger partial charge is 0.379 e. The second-order valence-corrected chi connectivity index (χ2v) is 2.16. The first-order chi connectivity index (χ1) is 5.70. The van der Waals surface area contributed by atoms with E-state index < -0.39 is 5.91 Å². The summed E-state index contributed by atoms with van der Waals surface area (Å²) in [6.45, 7) is 0. The predicted octanol–water partition coefficient (Wildman–Crippen LogP) is 0.485. The van der Waals surface area contributed by atoms with E-state index >= 15 is 0 Å². The summed E-state index contributed by atoms with van der Waals surface area (Å²) in [4.78, 5) is 14.1. The molecule has 0 fully saturated rings. The Bertz CT molecular complexity index is 305. The summed E-state index contributed by atoms with van der Waals surface area (Å²) < 4.78 is 0. The summed E-state index contributed by atoms with van der Waals surface area (Å²) in [7, 11) is 0. The van der Waals surface area contributed by atoms with Gasteiger partial charge in [0.15, 0.2) is 5.84 Å². The van der Waals surface area contributed by atoms with Gasteiger partial charge in [-0.15, -0.1) is 0 Å². The molecule has 12 heavy (non-hydrogen) atoms. The molecule has 0 aliphatic carbocycles. The highest BCUT2D eigenvalue weighted by Crippen LogP contribution is 2.08. The van der Waals surface area contributed by atoms with Gasteiger partial charge in [0, 0.05) is 0 Å².